The van der Waals surface area contributed by atoms with Crippen molar-refractivity contribution in [3.8, 4) is 0 Å². The minimum atomic E-state index is -1.02. The van der Waals surface area contributed by atoms with E-state index in [0.717, 1.165) is 220 Å². The van der Waals surface area contributed by atoms with E-state index in [1.807, 2.05) is 36.4 Å². The first kappa shape index (κ1) is 90.4. The number of aldehydes is 2. The molecule has 0 radical (unpaired) electrons. The average molecular weight is 1680 g/mol. The van der Waals surface area contributed by atoms with Crippen LogP contribution < -0.4 is 107 Å². The summed E-state index contributed by atoms with van der Waals surface area (Å²) in [7, 11) is 1.40. The number of aromatic nitrogens is 5. The van der Waals surface area contributed by atoms with Gasteiger partial charge in [0.2, 0.25) is 12.3 Å². The average Bonchev–Trinajstić information content (AvgIpc) is 1.54. The summed E-state index contributed by atoms with van der Waals surface area (Å²) in [5, 5.41) is 38.6. The van der Waals surface area contributed by atoms with Gasteiger partial charge in [-0.1, -0.05) is 30.3 Å². The molecule has 0 spiro atoms. The molecule has 31 nitrogen and oxygen atoms in total. The fraction of sp³-hybridized carbons (Fsp3) is 0.579. The van der Waals surface area contributed by atoms with Crippen molar-refractivity contribution in [1.82, 2.24) is 96.0 Å². The summed E-state index contributed by atoms with van der Waals surface area (Å²) in [6, 6.07) is 27.0. The van der Waals surface area contributed by atoms with Gasteiger partial charge in [-0.05, 0) is 60.7 Å². The van der Waals surface area contributed by atoms with Crippen LogP contribution in [-0.4, -0.2) is 367 Å². The van der Waals surface area contributed by atoms with Crippen LogP contribution in [-0.2, 0) is 46.4 Å². The number of rotatable bonds is 15. The number of methoxy groups -OCH3 is 1. The molecule has 0 saturated carbocycles. The molecule has 15 heterocycles. The first-order valence-corrected chi connectivity index (χ1v) is 38.7. The van der Waals surface area contributed by atoms with E-state index < -0.39 is 11.9 Å². The van der Waals surface area contributed by atoms with E-state index in [-0.39, 0.29) is 117 Å². The number of alkyl halides is 1. The van der Waals surface area contributed by atoms with E-state index in [1.165, 1.54) is 78.5 Å². The van der Waals surface area contributed by atoms with Crippen LogP contribution in [0.2, 0.25) is 0 Å². The van der Waals surface area contributed by atoms with Crippen molar-refractivity contribution in [3.63, 3.8) is 0 Å². The molecule has 4 atom stereocenters. The zero-order valence-corrected chi connectivity index (χ0v) is 70.4. The first-order chi connectivity index (χ1) is 52.5. The number of hydrogen-bond acceptors (Lipinski definition) is 27. The van der Waals surface area contributed by atoms with Crippen LogP contribution >= 0.6 is 11.6 Å². The molecular formula is C76H112ClIKN21O10+2. The Morgan fingerprint density at radius 1 is 0.418 bits per heavy atom. The van der Waals surface area contributed by atoms with Crippen LogP contribution in [0.5, 0.6) is 0 Å². The number of carbonyl (C=O) groups excluding carboxylic acids is 5. The Morgan fingerprint density at radius 2 is 0.700 bits per heavy atom. The summed E-state index contributed by atoms with van der Waals surface area (Å²) in [6.07, 6.45) is 2.67. The molecule has 4 unspecified atom stereocenters. The molecule has 0 aliphatic carbocycles. The Balaban J connectivity index is 0.000000183. The molecule has 110 heavy (non-hydrogen) atoms. The molecular weight excluding hydrogens is 1570 g/mol. The van der Waals surface area contributed by atoms with E-state index in [2.05, 4.69) is 97.1 Å². The fourth-order valence-electron chi connectivity index (χ4n) is 16.4. The number of quaternary nitrogens is 2. The molecule has 0 amide bonds. The predicted molar refractivity (Wildman–Crippen MR) is 408 cm³/mol. The third-order valence-corrected chi connectivity index (χ3v) is 22.0. The number of aromatic carboxylic acids is 2. The van der Waals surface area contributed by atoms with E-state index in [9.17, 15) is 24.0 Å². The molecule has 15 rings (SSSR count). The smallest absolute Gasteiger partial charge is 1.00 e. The maximum atomic E-state index is 12.1. The number of hydrogen-bond donors (Lipinski definition) is 8. The van der Waals surface area contributed by atoms with Crippen molar-refractivity contribution in [1.29, 1.82) is 0 Å². The minimum Gasteiger partial charge on any atom is -1.00 e. The van der Waals surface area contributed by atoms with Crippen molar-refractivity contribution in [2.24, 2.45) is 0 Å². The standard InChI is InChI=1S/C26H34N6O3.C22H30N6O4.C10H18N4.C8H8ClNO.C8H20N4.C2H2O2.HI.K/c1-19(33)22-7-3-5-20(27-22)17-31-13-9-29-11-15-32(16-12-30(10-14-31)25(32)24(29)31)18-21-6-4-8-23(28-21)26(34)35-2;29-21(30)19-5-1-3-17(25-19)15-27-11-7-23-9-13-28(14-10-24-8-12-27)16-18-4-2-6-20(26-18)22(31)32;1-2-12-7-8-14-4-3-13-6-5-11(1)9(12)10(13)14;1-6(11)8-4-2-3-7(5-9)10-8;1-2-10-5-6-12-8-7-11-4-3-9-1;3-1-2-4;;/h3-8,24-25H,9-18H2,1-2H3;1-6,23-24H,7-16H2,(H,29,30)(H,31,32);9-10H,1-8H2;2-4H,5H2,1H3;9-12H,1-8H2;1-2H;1H;/q+2;;;;;;;+1/p-1. The monoisotopic (exact) mass is 1680 g/mol. The third kappa shape index (κ3) is 25.7. The fourth-order valence-corrected chi connectivity index (χ4v) is 16.6. The number of halogens is 2. The van der Waals surface area contributed by atoms with Crippen molar-refractivity contribution in [3.05, 3.63) is 148 Å². The largest absolute Gasteiger partial charge is 1.00 e. The SMILES string of the molecule is C1CN2CCN3CCN4CCN1C2C43.C1CNCCNCCNCCN1.CC(=O)c1cccc(CCl)n1.COC(=O)c1cccc(C[N+]23CCN4CC[N+]5(Cc6cccc(C(C)=O)n6)CCN(CC2)C3C45)n1.O=C(O)c1cccc(CN2CCNCCN(Cc3cccc(C(=O)O)n3)CCNCC2)n1.O=CC=O.[I-].[K+]. The molecule has 594 valence electrons. The normalized spacial score (nSPS) is 24.6. The third-order valence-electron chi connectivity index (χ3n) is 21.8. The Hall–Kier alpha value is -5.14. The number of nitrogens with one attached hydrogen (secondary N) is 6. The Kier molecular flexibility index (Phi) is 38.1. The topological polar surface area (TPSA) is 332 Å². The van der Waals surface area contributed by atoms with Crippen LogP contribution in [0.1, 0.15) is 94.8 Å². The maximum absolute atomic E-state index is 12.1. The number of piperazine rings is 4. The van der Waals surface area contributed by atoms with Crippen molar-refractivity contribution >= 4 is 53.6 Å². The van der Waals surface area contributed by atoms with Gasteiger partial charge in [-0.15, -0.1) is 11.6 Å². The second kappa shape index (κ2) is 46.4. The molecule has 0 bridgehead atoms. The van der Waals surface area contributed by atoms with E-state index in [4.69, 9.17) is 41.1 Å². The van der Waals surface area contributed by atoms with E-state index in [0.29, 0.717) is 48.4 Å². The molecule has 10 aliphatic heterocycles. The van der Waals surface area contributed by atoms with Crippen LogP contribution in [0, 0.1) is 0 Å². The van der Waals surface area contributed by atoms with E-state index in [1.54, 1.807) is 43.3 Å². The van der Waals surface area contributed by atoms with Gasteiger partial charge in [0, 0.05) is 184 Å². The van der Waals surface area contributed by atoms with Gasteiger partial charge in [-0.25, -0.2) is 49.1 Å². The summed E-state index contributed by atoms with van der Waals surface area (Å²) >= 11 is 5.53. The summed E-state index contributed by atoms with van der Waals surface area (Å²) in [5.74, 6) is -2.08. The van der Waals surface area contributed by atoms with Crippen LogP contribution in [0.15, 0.2) is 91.0 Å². The van der Waals surface area contributed by atoms with Gasteiger partial charge in [0.25, 0.3) is 0 Å². The maximum Gasteiger partial charge on any atom is 1.00 e. The summed E-state index contributed by atoms with van der Waals surface area (Å²) in [6.45, 7) is 40.3. The zero-order valence-electron chi connectivity index (χ0n) is 64.4. The van der Waals surface area contributed by atoms with Gasteiger partial charge < -0.3 is 70.8 Å². The molecule has 8 N–H and O–H groups in total. The number of carboxylic acids is 2. The van der Waals surface area contributed by atoms with Crippen molar-refractivity contribution in [2.75, 3.05) is 217 Å². The first-order valence-electron chi connectivity index (χ1n) is 38.2. The number of ketones is 2. The number of Topliss-reactive ketones (excluding diaryl/α,β-unsaturated/α-hetero) is 2. The van der Waals surface area contributed by atoms with Gasteiger partial charge in [-0.3, -0.25) is 57.5 Å². The number of ether oxygens (including phenoxy) is 1. The number of nitrogens with zero attached hydrogens (tertiary/aromatic N) is 15. The molecule has 10 aliphatic rings. The van der Waals surface area contributed by atoms with E-state index >= 15 is 0 Å². The van der Waals surface area contributed by atoms with Gasteiger partial charge in [0.05, 0.1) is 106 Å². The molecule has 5 aromatic rings. The van der Waals surface area contributed by atoms with Crippen molar-refractivity contribution < 1.29 is 133 Å². The van der Waals surface area contributed by atoms with Gasteiger partial charge >= 0.3 is 69.3 Å². The summed E-state index contributed by atoms with van der Waals surface area (Å²) in [4.78, 5) is 117. The van der Waals surface area contributed by atoms with Gasteiger partial charge in [0.1, 0.15) is 41.6 Å². The minimum absolute atomic E-state index is 0. The molecule has 5 aromatic heterocycles. The summed E-state index contributed by atoms with van der Waals surface area (Å²) in [5.41, 5.74) is 5.75. The number of carbonyl (C=O) groups is 7. The van der Waals surface area contributed by atoms with Crippen LogP contribution in [0.25, 0.3) is 0 Å². The number of esters is 1. The van der Waals surface area contributed by atoms with Gasteiger partial charge in [-0.2, -0.15) is 0 Å². The van der Waals surface area contributed by atoms with Gasteiger partial charge in [0.15, 0.2) is 24.1 Å². The summed E-state index contributed by atoms with van der Waals surface area (Å²) < 4.78 is 6.92. The number of carboxylic acid groups (broad SMARTS) is 2. The van der Waals surface area contributed by atoms with Crippen LogP contribution in [0.4, 0.5) is 0 Å². The molecule has 34 heteroatoms. The Labute approximate surface area is 711 Å². The molecule has 10 fully saturated rings. The zero-order chi connectivity index (χ0) is 76.3. The van der Waals surface area contributed by atoms with Crippen molar-refractivity contribution in [2.45, 2.75) is 70.6 Å². The molecule has 0 aromatic carbocycles. The second-order valence-electron chi connectivity index (χ2n) is 28.8. The number of pyridine rings is 5. The Morgan fingerprint density at radius 3 is 1.01 bits per heavy atom. The Bertz CT molecular complexity index is 3590. The quantitative estimate of drug-likeness (QED) is 0.00708. The second-order valence-corrected chi connectivity index (χ2v) is 29.0. The van der Waals surface area contributed by atoms with Crippen LogP contribution in [0.3, 0.4) is 0 Å². The molecule has 10 saturated heterocycles. The predicted octanol–water partition coefficient (Wildman–Crippen LogP) is -5.85.